The van der Waals surface area contributed by atoms with Crippen LogP contribution in [0.2, 0.25) is 0 Å². The van der Waals surface area contributed by atoms with E-state index >= 15 is 0 Å². The van der Waals surface area contributed by atoms with Crippen molar-refractivity contribution < 1.29 is 14.3 Å². The molecule has 2 fully saturated rings. The molecule has 2 N–H and O–H groups in total. The Labute approximate surface area is 225 Å². The molecule has 0 bridgehead atoms. The molecule has 0 saturated carbocycles. The van der Waals surface area contributed by atoms with Crippen LogP contribution in [0, 0.1) is 11.7 Å². The lowest BCUT2D eigenvalue weighted by Gasteiger charge is -2.41. The molecule has 2 aliphatic heterocycles. The Morgan fingerprint density at radius 3 is 2.67 bits per heavy atom. The molecular weight excluding hydrogens is 497 g/mol. The summed E-state index contributed by atoms with van der Waals surface area (Å²) in [5, 5.41) is 15.2. The van der Waals surface area contributed by atoms with Gasteiger partial charge in [0.25, 0.3) is 5.56 Å². The molecular formula is C30H32FN5O3. The summed E-state index contributed by atoms with van der Waals surface area (Å²) in [4.78, 5) is 33.2. The number of aromatic nitrogens is 3. The summed E-state index contributed by atoms with van der Waals surface area (Å²) in [7, 11) is 0. The van der Waals surface area contributed by atoms with Crippen molar-refractivity contribution in [2.45, 2.75) is 37.3 Å². The van der Waals surface area contributed by atoms with Gasteiger partial charge in [0.2, 0.25) is 5.91 Å². The second kappa shape index (κ2) is 10.4. The second-order valence-electron chi connectivity index (χ2n) is 10.7. The number of hydrogen-bond acceptors (Lipinski definition) is 5. The maximum Gasteiger partial charge on any atom is 0.262 e. The number of piperidine rings is 2. The molecule has 2 aliphatic rings. The van der Waals surface area contributed by atoms with Crippen LogP contribution in [0.25, 0.3) is 16.7 Å². The van der Waals surface area contributed by atoms with Crippen LogP contribution in [-0.2, 0) is 11.3 Å². The highest BCUT2D eigenvalue weighted by Crippen LogP contribution is 2.33. The lowest BCUT2D eigenvalue weighted by Crippen LogP contribution is -2.52. The highest BCUT2D eigenvalue weighted by Gasteiger charge is 2.39. The molecule has 9 heteroatoms. The number of carbonyl (C=O) groups excluding carboxylic acids is 1. The summed E-state index contributed by atoms with van der Waals surface area (Å²) in [6, 6.07) is 18.0. The van der Waals surface area contributed by atoms with Gasteiger partial charge < -0.3 is 19.9 Å². The summed E-state index contributed by atoms with van der Waals surface area (Å²) >= 11 is 0. The van der Waals surface area contributed by atoms with Crippen LogP contribution < -0.4 is 10.9 Å². The predicted molar refractivity (Wildman–Crippen MR) is 146 cm³/mol. The lowest BCUT2D eigenvalue weighted by atomic mass is 9.80. The third-order valence-electron chi connectivity index (χ3n) is 8.25. The number of halogens is 1. The molecule has 1 amide bonds. The molecule has 8 nitrogen and oxygen atoms in total. The number of carbonyl (C=O) groups is 1. The van der Waals surface area contributed by atoms with Gasteiger partial charge in [-0.15, -0.1) is 0 Å². The molecule has 0 spiro atoms. The Balaban J connectivity index is 1.15. The van der Waals surface area contributed by atoms with Crippen molar-refractivity contribution in [3.63, 3.8) is 0 Å². The Morgan fingerprint density at radius 2 is 1.90 bits per heavy atom. The average Bonchev–Trinajstić information content (AvgIpc) is 3.40. The van der Waals surface area contributed by atoms with Crippen molar-refractivity contribution in [1.29, 1.82) is 0 Å². The zero-order chi connectivity index (χ0) is 27.0. The summed E-state index contributed by atoms with van der Waals surface area (Å²) in [5.41, 5.74) is 0.805. The van der Waals surface area contributed by atoms with E-state index in [-0.39, 0.29) is 35.7 Å². The van der Waals surface area contributed by atoms with E-state index < -0.39 is 5.60 Å². The molecule has 2 saturated heterocycles. The molecule has 39 heavy (non-hydrogen) atoms. The highest BCUT2D eigenvalue weighted by molar-refractivity contribution is 5.80. The number of amides is 1. The number of benzene rings is 2. The Morgan fingerprint density at radius 1 is 1.10 bits per heavy atom. The minimum Gasteiger partial charge on any atom is -0.388 e. The fraction of sp³-hybridized carbons (Fsp3) is 0.367. The maximum atomic E-state index is 13.7. The Bertz CT molecular complexity index is 1540. The number of likely N-dealkylation sites (tertiary alicyclic amines) is 1. The molecule has 0 aliphatic carbocycles. The number of rotatable bonds is 5. The minimum atomic E-state index is -1.12. The first-order valence-electron chi connectivity index (χ1n) is 13.5. The number of aliphatic hydroxyl groups is 1. The van der Waals surface area contributed by atoms with Gasteiger partial charge in [0, 0.05) is 43.4 Å². The van der Waals surface area contributed by atoms with Crippen molar-refractivity contribution in [2.24, 2.45) is 5.92 Å². The molecule has 202 valence electrons. The van der Waals surface area contributed by atoms with Gasteiger partial charge in [0.1, 0.15) is 12.1 Å². The van der Waals surface area contributed by atoms with Gasteiger partial charge >= 0.3 is 0 Å². The van der Waals surface area contributed by atoms with Gasteiger partial charge in [-0.2, -0.15) is 0 Å². The van der Waals surface area contributed by atoms with Crippen LogP contribution in [0.5, 0.6) is 0 Å². The fourth-order valence-corrected chi connectivity index (χ4v) is 6.06. The maximum absolute atomic E-state index is 13.7. The molecule has 4 heterocycles. The van der Waals surface area contributed by atoms with Crippen molar-refractivity contribution in [3.05, 3.63) is 94.9 Å². The Kier molecular flexibility index (Phi) is 6.78. The van der Waals surface area contributed by atoms with Crippen molar-refractivity contribution in [3.8, 4) is 5.69 Å². The Hall–Kier alpha value is -3.82. The van der Waals surface area contributed by atoms with Gasteiger partial charge in [0.15, 0.2) is 5.65 Å². The quantitative estimate of drug-likeness (QED) is 0.415. The van der Waals surface area contributed by atoms with Gasteiger partial charge in [-0.05, 0) is 55.6 Å². The van der Waals surface area contributed by atoms with Crippen LogP contribution in [0.1, 0.15) is 30.7 Å². The van der Waals surface area contributed by atoms with Gasteiger partial charge in [-0.3, -0.25) is 14.2 Å². The largest absolute Gasteiger partial charge is 0.388 e. The predicted octanol–water partition coefficient (Wildman–Crippen LogP) is 3.07. The summed E-state index contributed by atoms with van der Waals surface area (Å²) in [6.07, 6.45) is 4.69. The normalized spacial score (nSPS) is 21.2. The van der Waals surface area contributed by atoms with E-state index in [9.17, 15) is 19.1 Å². The molecule has 6 rings (SSSR count). The monoisotopic (exact) mass is 529 g/mol. The number of nitrogens with zero attached hydrogens (tertiary/aromatic N) is 4. The van der Waals surface area contributed by atoms with Crippen LogP contribution in [0.3, 0.4) is 0 Å². The van der Waals surface area contributed by atoms with Gasteiger partial charge in [0.05, 0.1) is 17.5 Å². The first-order chi connectivity index (χ1) is 18.9. The topological polar surface area (TPSA) is 92.4 Å². The SMILES string of the molecule is O=C([C@@H]1CCNC[C@H]1c1ccccc1)N1CCC(O)(Cn2cnc3c(ccn3-c3cccc(F)c3)c2=O)CC1. The first kappa shape index (κ1) is 25.5. The van der Waals surface area contributed by atoms with E-state index in [1.165, 1.54) is 28.6 Å². The molecule has 2 atom stereocenters. The zero-order valence-corrected chi connectivity index (χ0v) is 21.7. The standard InChI is InChI=1S/C30H32FN5O3/c31-22-7-4-8-23(17-22)36-14-10-25-27(36)33-20-35(29(25)38)19-30(39)11-15-34(16-12-30)28(37)24-9-13-32-18-26(24)21-5-2-1-3-6-21/h1-8,10,14,17,20,24,26,32,39H,9,11-13,15-16,18-19H2/t24-,26+/m1/s1. The van der Waals surface area contributed by atoms with Crippen LogP contribution in [-0.4, -0.2) is 61.8 Å². The minimum absolute atomic E-state index is 0.0869. The summed E-state index contributed by atoms with van der Waals surface area (Å²) < 4.78 is 16.8. The van der Waals surface area contributed by atoms with Crippen LogP contribution >= 0.6 is 0 Å². The van der Waals surface area contributed by atoms with Crippen molar-refractivity contribution in [2.75, 3.05) is 26.2 Å². The molecule has 2 aromatic heterocycles. The molecule has 0 unspecified atom stereocenters. The van der Waals surface area contributed by atoms with E-state index in [2.05, 4.69) is 22.4 Å². The molecule has 4 aromatic rings. The van der Waals surface area contributed by atoms with Crippen molar-refractivity contribution >= 4 is 16.9 Å². The third kappa shape index (κ3) is 4.99. The van der Waals surface area contributed by atoms with Gasteiger partial charge in [-0.1, -0.05) is 36.4 Å². The smallest absolute Gasteiger partial charge is 0.262 e. The highest BCUT2D eigenvalue weighted by atomic mass is 19.1. The van der Waals surface area contributed by atoms with Crippen LogP contribution in [0.4, 0.5) is 4.39 Å². The summed E-state index contributed by atoms with van der Waals surface area (Å²) in [5.74, 6) is -0.183. The fourth-order valence-electron chi connectivity index (χ4n) is 6.06. The van der Waals surface area contributed by atoms with E-state index in [0.29, 0.717) is 42.7 Å². The van der Waals surface area contributed by atoms with Crippen LogP contribution in [0.15, 0.2) is 78.0 Å². The number of nitrogens with one attached hydrogen (secondary N) is 1. The van der Waals surface area contributed by atoms with Gasteiger partial charge in [-0.25, -0.2) is 9.37 Å². The zero-order valence-electron chi connectivity index (χ0n) is 21.7. The van der Waals surface area contributed by atoms with E-state index in [1.807, 2.05) is 23.1 Å². The lowest BCUT2D eigenvalue weighted by molar-refractivity contribution is -0.141. The van der Waals surface area contributed by atoms with E-state index in [1.54, 1.807) is 29.0 Å². The van der Waals surface area contributed by atoms with E-state index in [4.69, 9.17) is 0 Å². The molecule has 0 radical (unpaired) electrons. The second-order valence-corrected chi connectivity index (χ2v) is 10.7. The first-order valence-corrected chi connectivity index (χ1v) is 13.5. The number of fused-ring (bicyclic) bond motifs is 1. The summed E-state index contributed by atoms with van der Waals surface area (Å²) in [6.45, 7) is 2.58. The van der Waals surface area contributed by atoms with E-state index in [0.717, 1.165) is 19.5 Å². The molecule has 2 aromatic carbocycles. The third-order valence-corrected chi connectivity index (χ3v) is 8.25. The average molecular weight is 530 g/mol. The van der Waals surface area contributed by atoms with Crippen molar-refractivity contribution in [1.82, 2.24) is 24.3 Å². The number of hydrogen-bond donors (Lipinski definition) is 2.